The highest BCUT2D eigenvalue weighted by atomic mass is 35.5. The molecule has 5 rings (SSSR count). The van der Waals surface area contributed by atoms with Gasteiger partial charge in [0, 0.05) is 35.4 Å². The molecular formula is C23H21ClFN3O. The van der Waals surface area contributed by atoms with Crippen LogP contribution in [0.1, 0.15) is 24.3 Å². The maximum absolute atomic E-state index is 13.7. The normalized spacial score (nSPS) is 18.4. The number of benzene rings is 2. The van der Waals surface area contributed by atoms with Crippen LogP contribution in [0, 0.1) is 11.2 Å². The van der Waals surface area contributed by atoms with Crippen molar-refractivity contribution in [2.45, 2.75) is 18.8 Å². The van der Waals surface area contributed by atoms with Gasteiger partial charge in [0.1, 0.15) is 5.82 Å². The lowest BCUT2D eigenvalue weighted by Crippen LogP contribution is -2.62. The lowest BCUT2D eigenvalue weighted by atomic mass is 9.56. The zero-order valence-corrected chi connectivity index (χ0v) is 16.6. The molecule has 1 aromatic heterocycles. The Bertz CT molecular complexity index is 1070. The molecule has 1 saturated carbocycles. The van der Waals surface area contributed by atoms with E-state index in [-0.39, 0.29) is 11.7 Å². The third-order valence-corrected chi connectivity index (χ3v) is 6.40. The minimum absolute atomic E-state index is 0.00588. The summed E-state index contributed by atoms with van der Waals surface area (Å²) in [5, 5.41) is 4.48. The van der Waals surface area contributed by atoms with Crippen molar-refractivity contribution in [2.24, 2.45) is 5.41 Å². The Hall–Kier alpha value is -2.50. The highest BCUT2D eigenvalue weighted by molar-refractivity contribution is 6.30. The molecule has 2 aromatic carbocycles. The van der Waals surface area contributed by atoms with Crippen molar-refractivity contribution in [2.75, 3.05) is 25.0 Å². The van der Waals surface area contributed by atoms with E-state index in [9.17, 15) is 9.18 Å². The zero-order chi connectivity index (χ0) is 20.0. The SMILES string of the molecule is O=C(CN1CC2(CC(c3ccnc4ccc(F)cc34)C2)C1)Nc1ccc(Cl)cc1. The lowest BCUT2D eigenvalue weighted by Gasteiger charge is -2.59. The second-order valence-corrected chi connectivity index (χ2v) is 8.80. The van der Waals surface area contributed by atoms with E-state index in [1.54, 1.807) is 36.4 Å². The van der Waals surface area contributed by atoms with Crippen molar-refractivity contribution in [3.63, 3.8) is 0 Å². The van der Waals surface area contributed by atoms with Crippen LogP contribution >= 0.6 is 11.6 Å². The summed E-state index contributed by atoms with van der Waals surface area (Å²) in [5.41, 5.74) is 3.10. The van der Waals surface area contributed by atoms with Gasteiger partial charge in [-0.05, 0) is 78.3 Å². The number of nitrogens with zero attached hydrogens (tertiary/aromatic N) is 2. The summed E-state index contributed by atoms with van der Waals surface area (Å²) in [7, 11) is 0. The molecule has 2 heterocycles. The molecule has 0 unspecified atom stereocenters. The number of nitrogens with one attached hydrogen (secondary N) is 1. The van der Waals surface area contributed by atoms with Gasteiger partial charge >= 0.3 is 0 Å². The number of likely N-dealkylation sites (tertiary alicyclic amines) is 1. The van der Waals surface area contributed by atoms with Gasteiger partial charge in [0.25, 0.3) is 0 Å². The number of anilines is 1. The average molecular weight is 410 g/mol. The Balaban J connectivity index is 1.16. The maximum atomic E-state index is 13.7. The first-order valence-corrected chi connectivity index (χ1v) is 10.2. The Kier molecular flexibility index (Phi) is 4.52. The van der Waals surface area contributed by atoms with Gasteiger partial charge in [0.2, 0.25) is 5.91 Å². The average Bonchev–Trinajstić information content (AvgIpc) is 2.64. The number of hydrogen-bond acceptors (Lipinski definition) is 3. The van der Waals surface area contributed by atoms with E-state index >= 15 is 0 Å². The molecule has 0 radical (unpaired) electrons. The first-order valence-electron chi connectivity index (χ1n) is 9.82. The number of pyridine rings is 1. The highest BCUT2D eigenvalue weighted by Crippen LogP contribution is 2.56. The predicted octanol–water partition coefficient (Wildman–Crippen LogP) is 4.85. The van der Waals surface area contributed by atoms with E-state index in [1.165, 1.54) is 11.6 Å². The van der Waals surface area contributed by atoms with E-state index in [4.69, 9.17) is 11.6 Å². The predicted molar refractivity (Wildman–Crippen MR) is 113 cm³/mol. The van der Waals surface area contributed by atoms with Gasteiger partial charge in [-0.15, -0.1) is 0 Å². The standard InChI is InChI=1S/C23H21ClFN3O/c24-16-1-4-18(5-2-16)27-22(29)12-28-13-23(14-28)10-15(11-23)19-7-8-26-21-6-3-17(25)9-20(19)21/h1-9,15H,10-14H2,(H,27,29). The number of carbonyl (C=O) groups excluding carboxylic acids is 1. The molecule has 2 fully saturated rings. The van der Waals surface area contributed by atoms with Crippen molar-refractivity contribution in [1.29, 1.82) is 0 Å². The molecule has 0 atom stereocenters. The molecule has 2 aliphatic rings. The van der Waals surface area contributed by atoms with Gasteiger partial charge in [0.15, 0.2) is 0 Å². The van der Waals surface area contributed by atoms with Crippen LogP contribution in [0.5, 0.6) is 0 Å². The van der Waals surface area contributed by atoms with Gasteiger partial charge in [-0.2, -0.15) is 0 Å². The summed E-state index contributed by atoms with van der Waals surface area (Å²) in [6.45, 7) is 2.28. The molecule has 6 heteroatoms. The van der Waals surface area contributed by atoms with Crippen LogP contribution in [-0.4, -0.2) is 35.4 Å². The van der Waals surface area contributed by atoms with Crippen LogP contribution in [0.4, 0.5) is 10.1 Å². The summed E-state index contributed by atoms with van der Waals surface area (Å²) in [6, 6.07) is 13.9. The molecule has 4 nitrogen and oxygen atoms in total. The van der Waals surface area contributed by atoms with Crippen molar-refractivity contribution >= 4 is 34.1 Å². The monoisotopic (exact) mass is 409 g/mol. The Morgan fingerprint density at radius 3 is 2.69 bits per heavy atom. The molecule has 29 heavy (non-hydrogen) atoms. The van der Waals surface area contributed by atoms with Crippen LogP contribution in [-0.2, 0) is 4.79 Å². The molecule has 1 amide bonds. The highest BCUT2D eigenvalue weighted by Gasteiger charge is 2.52. The molecule has 1 spiro atoms. The second kappa shape index (κ2) is 7.08. The van der Waals surface area contributed by atoms with Gasteiger partial charge in [-0.25, -0.2) is 4.39 Å². The van der Waals surface area contributed by atoms with Crippen molar-refractivity contribution in [3.05, 3.63) is 71.1 Å². The van der Waals surface area contributed by atoms with E-state index in [2.05, 4.69) is 15.2 Å². The summed E-state index contributed by atoms with van der Waals surface area (Å²) in [4.78, 5) is 18.8. The fraction of sp³-hybridized carbons (Fsp3) is 0.304. The van der Waals surface area contributed by atoms with Gasteiger partial charge in [-0.3, -0.25) is 14.7 Å². The van der Waals surface area contributed by atoms with Gasteiger partial charge in [-0.1, -0.05) is 11.6 Å². The number of rotatable bonds is 4. The van der Waals surface area contributed by atoms with Crippen LogP contribution in [0.2, 0.25) is 5.02 Å². The van der Waals surface area contributed by atoms with Crippen LogP contribution < -0.4 is 5.32 Å². The largest absolute Gasteiger partial charge is 0.325 e. The first kappa shape index (κ1) is 18.5. The topological polar surface area (TPSA) is 45.2 Å². The quantitative estimate of drug-likeness (QED) is 0.670. The molecule has 1 N–H and O–H groups in total. The lowest BCUT2D eigenvalue weighted by molar-refractivity contribution is -0.124. The fourth-order valence-electron chi connectivity index (χ4n) is 4.91. The molecule has 1 aliphatic carbocycles. The summed E-state index contributed by atoms with van der Waals surface area (Å²) < 4.78 is 13.7. The smallest absolute Gasteiger partial charge is 0.238 e. The summed E-state index contributed by atoms with van der Waals surface area (Å²) >= 11 is 5.87. The van der Waals surface area contributed by atoms with Crippen LogP contribution in [0.15, 0.2) is 54.7 Å². The minimum atomic E-state index is -0.220. The van der Waals surface area contributed by atoms with Crippen molar-refractivity contribution in [1.82, 2.24) is 9.88 Å². The first-order chi connectivity index (χ1) is 14.0. The number of amides is 1. The van der Waals surface area contributed by atoms with Gasteiger partial charge < -0.3 is 5.32 Å². The number of aromatic nitrogens is 1. The molecule has 148 valence electrons. The molecule has 3 aromatic rings. The molecular weight excluding hydrogens is 389 g/mol. The number of carbonyl (C=O) groups is 1. The number of fused-ring (bicyclic) bond motifs is 1. The molecule has 0 bridgehead atoms. The van der Waals surface area contributed by atoms with Crippen LogP contribution in [0.25, 0.3) is 10.9 Å². The maximum Gasteiger partial charge on any atom is 0.238 e. The third-order valence-electron chi connectivity index (χ3n) is 6.15. The van der Waals surface area contributed by atoms with Crippen molar-refractivity contribution < 1.29 is 9.18 Å². The van der Waals surface area contributed by atoms with Crippen LogP contribution in [0.3, 0.4) is 0 Å². The minimum Gasteiger partial charge on any atom is -0.325 e. The molecule has 1 aliphatic heterocycles. The van der Waals surface area contributed by atoms with E-state index in [1.807, 2.05) is 12.3 Å². The summed E-state index contributed by atoms with van der Waals surface area (Å²) in [5.74, 6) is 0.211. The molecule has 1 saturated heterocycles. The fourth-order valence-corrected chi connectivity index (χ4v) is 5.04. The zero-order valence-electron chi connectivity index (χ0n) is 15.9. The van der Waals surface area contributed by atoms with E-state index in [0.717, 1.165) is 42.5 Å². The third kappa shape index (κ3) is 3.61. The number of hydrogen-bond donors (Lipinski definition) is 1. The van der Waals surface area contributed by atoms with Gasteiger partial charge in [0.05, 0.1) is 12.1 Å². The summed E-state index contributed by atoms with van der Waals surface area (Å²) in [6.07, 6.45) is 3.98. The van der Waals surface area contributed by atoms with Crippen molar-refractivity contribution in [3.8, 4) is 0 Å². The Labute approximate surface area is 173 Å². The Morgan fingerprint density at radius 1 is 1.17 bits per heavy atom. The Morgan fingerprint density at radius 2 is 1.93 bits per heavy atom. The number of halogens is 2. The van der Waals surface area contributed by atoms with E-state index in [0.29, 0.717) is 22.9 Å². The van der Waals surface area contributed by atoms with E-state index < -0.39 is 0 Å². The second-order valence-electron chi connectivity index (χ2n) is 8.37.